The Kier molecular flexibility index (Phi) is 7.39. The number of carboxylic acid groups (broad SMARTS) is 1. The Morgan fingerprint density at radius 1 is 1.10 bits per heavy atom. The lowest BCUT2D eigenvalue weighted by atomic mass is 10.2. The molecule has 0 aliphatic rings. The molecule has 6 heteroatoms. The molecular weight excluding hydrogens is 292 g/mol. The highest BCUT2D eigenvalue weighted by Crippen LogP contribution is 2.12. The van der Waals surface area contributed by atoms with Crippen molar-refractivity contribution in [1.29, 1.82) is 0 Å². The zero-order valence-electron chi connectivity index (χ0n) is 12.2. The molecule has 1 aromatic carbocycles. The molecule has 1 N–H and O–H groups in total. The summed E-state index contributed by atoms with van der Waals surface area (Å²) in [5, 5.41) is 8.77. The first-order valence-electron chi connectivity index (χ1n) is 7.11. The second-order valence-corrected chi connectivity index (χ2v) is 6.93. The fraction of sp³-hybridized carbons (Fsp3) is 0.533. The summed E-state index contributed by atoms with van der Waals surface area (Å²) in [6.07, 6.45) is 4.36. The van der Waals surface area contributed by atoms with Crippen LogP contribution < -0.4 is 0 Å². The standard InChI is InChI=1S/C15H22O5S/c1-2-3-4-5-10-20-11-12-21(18,19)14-8-6-13(7-9-14)15(16)17/h6-9H,2-5,10-12H2,1H3,(H,16,17). The van der Waals surface area contributed by atoms with Gasteiger partial charge < -0.3 is 9.84 Å². The van der Waals surface area contributed by atoms with E-state index in [1.807, 2.05) is 0 Å². The molecule has 1 rings (SSSR count). The third-order valence-electron chi connectivity index (χ3n) is 3.10. The van der Waals surface area contributed by atoms with Crippen molar-refractivity contribution in [2.45, 2.75) is 37.5 Å². The van der Waals surface area contributed by atoms with Gasteiger partial charge in [0.15, 0.2) is 9.84 Å². The van der Waals surface area contributed by atoms with Gasteiger partial charge in [-0.25, -0.2) is 13.2 Å². The Hall–Kier alpha value is -1.40. The predicted molar refractivity (Wildman–Crippen MR) is 80.4 cm³/mol. The van der Waals surface area contributed by atoms with Gasteiger partial charge in [-0.15, -0.1) is 0 Å². The molecule has 1 aromatic rings. The third kappa shape index (κ3) is 6.27. The lowest BCUT2D eigenvalue weighted by Gasteiger charge is -2.06. The largest absolute Gasteiger partial charge is 0.478 e. The Bertz CT molecular complexity index is 534. The summed E-state index contributed by atoms with van der Waals surface area (Å²) in [7, 11) is -3.42. The van der Waals surface area contributed by atoms with Gasteiger partial charge in [0.05, 0.1) is 22.8 Å². The highest BCUT2D eigenvalue weighted by Gasteiger charge is 2.14. The molecule has 0 aliphatic carbocycles. The fourth-order valence-corrected chi connectivity index (χ4v) is 2.95. The van der Waals surface area contributed by atoms with Crippen LogP contribution in [0.1, 0.15) is 43.0 Å². The van der Waals surface area contributed by atoms with Crippen LogP contribution in [0, 0.1) is 0 Å². The maximum absolute atomic E-state index is 12.0. The van der Waals surface area contributed by atoms with Gasteiger partial charge in [0, 0.05) is 6.61 Å². The molecule has 0 fully saturated rings. The number of ether oxygens (including phenoxy) is 1. The van der Waals surface area contributed by atoms with Gasteiger partial charge in [0.25, 0.3) is 0 Å². The molecule has 0 unspecified atom stereocenters. The van der Waals surface area contributed by atoms with E-state index in [1.54, 1.807) is 0 Å². The topological polar surface area (TPSA) is 80.7 Å². The van der Waals surface area contributed by atoms with Gasteiger partial charge in [-0.05, 0) is 30.7 Å². The van der Waals surface area contributed by atoms with Crippen molar-refractivity contribution < 1.29 is 23.1 Å². The third-order valence-corrected chi connectivity index (χ3v) is 4.79. The van der Waals surface area contributed by atoms with Crippen molar-refractivity contribution in [2.24, 2.45) is 0 Å². The molecule has 0 atom stereocenters. The van der Waals surface area contributed by atoms with Crippen LogP contribution in [0.25, 0.3) is 0 Å². The van der Waals surface area contributed by atoms with E-state index in [4.69, 9.17) is 9.84 Å². The summed E-state index contributed by atoms with van der Waals surface area (Å²) in [4.78, 5) is 10.8. The second-order valence-electron chi connectivity index (χ2n) is 4.82. The Morgan fingerprint density at radius 2 is 1.76 bits per heavy atom. The smallest absolute Gasteiger partial charge is 0.335 e. The quantitative estimate of drug-likeness (QED) is 0.672. The van der Waals surface area contributed by atoms with Gasteiger partial charge in [-0.1, -0.05) is 26.2 Å². The summed E-state index contributed by atoms with van der Waals surface area (Å²) in [6, 6.07) is 5.22. The van der Waals surface area contributed by atoms with E-state index in [-0.39, 0.29) is 22.8 Å². The zero-order chi connectivity index (χ0) is 15.7. The predicted octanol–water partition coefficient (Wildman–Crippen LogP) is 2.76. The molecule has 0 amide bonds. The molecular formula is C15H22O5S. The monoisotopic (exact) mass is 314 g/mol. The van der Waals surface area contributed by atoms with Crippen molar-refractivity contribution in [3.63, 3.8) is 0 Å². The number of sulfone groups is 1. The number of hydrogen-bond acceptors (Lipinski definition) is 4. The number of benzene rings is 1. The molecule has 0 radical (unpaired) electrons. The lowest BCUT2D eigenvalue weighted by molar-refractivity contribution is 0.0696. The Morgan fingerprint density at radius 3 is 2.33 bits per heavy atom. The Labute approximate surface area is 125 Å². The lowest BCUT2D eigenvalue weighted by Crippen LogP contribution is -2.13. The molecule has 0 spiro atoms. The van der Waals surface area contributed by atoms with Gasteiger partial charge in [0.2, 0.25) is 0 Å². The summed E-state index contributed by atoms with van der Waals surface area (Å²) >= 11 is 0. The van der Waals surface area contributed by atoms with Crippen molar-refractivity contribution in [2.75, 3.05) is 19.0 Å². The number of aromatic carboxylic acids is 1. The molecule has 0 aliphatic heterocycles. The average molecular weight is 314 g/mol. The van der Waals surface area contributed by atoms with E-state index in [1.165, 1.54) is 24.3 Å². The minimum atomic E-state index is -3.42. The summed E-state index contributed by atoms with van der Waals surface area (Å²) < 4.78 is 29.4. The normalized spacial score (nSPS) is 11.5. The highest BCUT2D eigenvalue weighted by atomic mass is 32.2. The van der Waals surface area contributed by atoms with Crippen LogP contribution in [0.4, 0.5) is 0 Å². The molecule has 0 saturated carbocycles. The molecule has 0 saturated heterocycles. The average Bonchev–Trinajstić information content (AvgIpc) is 2.46. The van der Waals surface area contributed by atoms with E-state index in [0.29, 0.717) is 6.61 Å². The summed E-state index contributed by atoms with van der Waals surface area (Å²) in [5.41, 5.74) is 0.0705. The molecule has 5 nitrogen and oxygen atoms in total. The number of hydrogen-bond donors (Lipinski definition) is 1. The van der Waals surface area contributed by atoms with Crippen molar-refractivity contribution in [3.05, 3.63) is 29.8 Å². The number of carboxylic acids is 1. The Balaban J connectivity index is 2.41. The number of rotatable bonds is 10. The van der Waals surface area contributed by atoms with Crippen molar-refractivity contribution >= 4 is 15.8 Å². The molecule has 0 heterocycles. The van der Waals surface area contributed by atoms with Crippen LogP contribution in [-0.4, -0.2) is 38.5 Å². The van der Waals surface area contributed by atoms with Gasteiger partial charge in [-0.3, -0.25) is 0 Å². The van der Waals surface area contributed by atoms with E-state index in [2.05, 4.69) is 6.92 Å². The maximum Gasteiger partial charge on any atom is 0.335 e. The molecule has 118 valence electrons. The minimum absolute atomic E-state index is 0.0705. The molecule has 21 heavy (non-hydrogen) atoms. The molecule has 0 bridgehead atoms. The summed E-state index contributed by atoms with van der Waals surface area (Å²) in [6.45, 7) is 2.87. The first-order chi connectivity index (χ1) is 9.97. The van der Waals surface area contributed by atoms with Crippen LogP contribution in [-0.2, 0) is 14.6 Å². The van der Waals surface area contributed by atoms with Crippen LogP contribution in [0.2, 0.25) is 0 Å². The van der Waals surface area contributed by atoms with E-state index in [0.717, 1.165) is 25.7 Å². The summed E-state index contributed by atoms with van der Waals surface area (Å²) in [5.74, 6) is -1.16. The van der Waals surface area contributed by atoms with Crippen molar-refractivity contribution in [1.82, 2.24) is 0 Å². The SMILES string of the molecule is CCCCCCOCCS(=O)(=O)c1ccc(C(=O)O)cc1. The van der Waals surface area contributed by atoms with E-state index >= 15 is 0 Å². The number of unbranched alkanes of at least 4 members (excludes halogenated alkanes) is 3. The van der Waals surface area contributed by atoms with Crippen LogP contribution in [0.15, 0.2) is 29.2 Å². The van der Waals surface area contributed by atoms with Crippen LogP contribution in [0.5, 0.6) is 0 Å². The molecule has 0 aromatic heterocycles. The first kappa shape index (κ1) is 17.7. The first-order valence-corrected chi connectivity index (χ1v) is 8.76. The highest BCUT2D eigenvalue weighted by molar-refractivity contribution is 7.91. The number of carbonyl (C=O) groups is 1. The zero-order valence-corrected chi connectivity index (χ0v) is 13.1. The van der Waals surface area contributed by atoms with Gasteiger partial charge >= 0.3 is 5.97 Å². The van der Waals surface area contributed by atoms with Gasteiger partial charge in [-0.2, -0.15) is 0 Å². The van der Waals surface area contributed by atoms with E-state index < -0.39 is 15.8 Å². The van der Waals surface area contributed by atoms with Crippen LogP contribution >= 0.6 is 0 Å². The van der Waals surface area contributed by atoms with Crippen molar-refractivity contribution in [3.8, 4) is 0 Å². The maximum atomic E-state index is 12.0. The second kappa shape index (κ2) is 8.79. The minimum Gasteiger partial charge on any atom is -0.478 e. The fourth-order valence-electron chi connectivity index (χ4n) is 1.82. The van der Waals surface area contributed by atoms with Crippen LogP contribution in [0.3, 0.4) is 0 Å². The van der Waals surface area contributed by atoms with Gasteiger partial charge in [0.1, 0.15) is 0 Å². The van der Waals surface area contributed by atoms with E-state index in [9.17, 15) is 13.2 Å².